The Hall–Kier alpha value is -1.57. The maximum atomic E-state index is 4.04. The SMILES string of the molecule is CCc1ccccc1Cn1ccnc1. The molecule has 2 aromatic rings. The van der Waals surface area contributed by atoms with Gasteiger partial charge in [-0.3, -0.25) is 0 Å². The lowest BCUT2D eigenvalue weighted by Gasteiger charge is -2.07. The van der Waals surface area contributed by atoms with Gasteiger partial charge in [0.1, 0.15) is 0 Å². The number of hydrogen-bond donors (Lipinski definition) is 0. The minimum absolute atomic E-state index is 0.921. The fraction of sp³-hybridized carbons (Fsp3) is 0.250. The van der Waals surface area contributed by atoms with Crippen LogP contribution in [0.5, 0.6) is 0 Å². The van der Waals surface area contributed by atoms with Crippen molar-refractivity contribution in [2.45, 2.75) is 19.9 Å². The Balaban J connectivity index is 2.24. The van der Waals surface area contributed by atoms with Gasteiger partial charge >= 0.3 is 0 Å². The van der Waals surface area contributed by atoms with Crippen LogP contribution in [0.15, 0.2) is 43.0 Å². The van der Waals surface area contributed by atoms with E-state index in [1.807, 2.05) is 18.7 Å². The standard InChI is InChI=1S/C12H14N2/c1-2-11-5-3-4-6-12(11)9-14-8-7-13-10-14/h3-8,10H,2,9H2,1H3. The van der Waals surface area contributed by atoms with E-state index in [4.69, 9.17) is 0 Å². The van der Waals surface area contributed by atoms with Gasteiger partial charge in [-0.05, 0) is 17.5 Å². The van der Waals surface area contributed by atoms with Crippen LogP contribution >= 0.6 is 0 Å². The molecule has 0 aliphatic heterocycles. The molecule has 0 amide bonds. The summed E-state index contributed by atoms with van der Waals surface area (Å²) in [5.41, 5.74) is 2.80. The zero-order valence-electron chi connectivity index (χ0n) is 8.35. The van der Waals surface area contributed by atoms with Crippen molar-refractivity contribution < 1.29 is 0 Å². The van der Waals surface area contributed by atoms with Gasteiger partial charge in [0.15, 0.2) is 0 Å². The third-order valence-corrected chi connectivity index (χ3v) is 2.41. The molecular weight excluding hydrogens is 172 g/mol. The second-order valence-electron chi connectivity index (χ2n) is 3.36. The molecule has 0 saturated heterocycles. The van der Waals surface area contributed by atoms with Crippen molar-refractivity contribution in [2.24, 2.45) is 0 Å². The van der Waals surface area contributed by atoms with Crippen LogP contribution in [0.25, 0.3) is 0 Å². The summed E-state index contributed by atoms with van der Waals surface area (Å²) >= 11 is 0. The Morgan fingerprint density at radius 3 is 2.64 bits per heavy atom. The lowest BCUT2D eigenvalue weighted by atomic mass is 10.1. The Kier molecular flexibility index (Phi) is 2.63. The maximum absolute atomic E-state index is 4.04. The molecule has 0 fully saturated rings. The van der Waals surface area contributed by atoms with Crippen molar-refractivity contribution in [2.75, 3.05) is 0 Å². The predicted molar refractivity (Wildman–Crippen MR) is 57.1 cm³/mol. The highest BCUT2D eigenvalue weighted by Gasteiger charge is 1.99. The molecular formula is C12H14N2. The van der Waals surface area contributed by atoms with Crippen molar-refractivity contribution in [1.82, 2.24) is 9.55 Å². The van der Waals surface area contributed by atoms with Crippen molar-refractivity contribution in [3.05, 3.63) is 54.1 Å². The molecule has 0 N–H and O–H groups in total. The smallest absolute Gasteiger partial charge is 0.0949 e. The highest BCUT2D eigenvalue weighted by atomic mass is 15.0. The van der Waals surface area contributed by atoms with Crippen LogP contribution in [0.3, 0.4) is 0 Å². The van der Waals surface area contributed by atoms with Crippen LogP contribution in [0.1, 0.15) is 18.1 Å². The first-order chi connectivity index (χ1) is 6.90. The Morgan fingerprint density at radius 1 is 1.21 bits per heavy atom. The molecule has 0 saturated carbocycles. The quantitative estimate of drug-likeness (QED) is 0.720. The van der Waals surface area contributed by atoms with E-state index in [0.29, 0.717) is 0 Å². The van der Waals surface area contributed by atoms with Crippen LogP contribution in [-0.2, 0) is 13.0 Å². The summed E-state index contributed by atoms with van der Waals surface area (Å²) in [5, 5.41) is 0. The summed E-state index contributed by atoms with van der Waals surface area (Å²) < 4.78 is 2.09. The van der Waals surface area contributed by atoms with E-state index in [1.54, 1.807) is 0 Å². The summed E-state index contributed by atoms with van der Waals surface area (Å²) in [6.45, 7) is 3.11. The molecule has 0 atom stereocenters. The highest BCUT2D eigenvalue weighted by molar-refractivity contribution is 5.27. The van der Waals surface area contributed by atoms with Crippen molar-refractivity contribution >= 4 is 0 Å². The van der Waals surface area contributed by atoms with Gasteiger partial charge in [0.25, 0.3) is 0 Å². The molecule has 2 nitrogen and oxygen atoms in total. The van der Waals surface area contributed by atoms with Crippen LogP contribution in [-0.4, -0.2) is 9.55 Å². The summed E-state index contributed by atoms with van der Waals surface area (Å²) in [6, 6.07) is 8.55. The molecule has 0 unspecified atom stereocenters. The molecule has 0 aliphatic rings. The van der Waals surface area contributed by atoms with Crippen molar-refractivity contribution in [3.63, 3.8) is 0 Å². The number of rotatable bonds is 3. The van der Waals surface area contributed by atoms with Gasteiger partial charge in [0.2, 0.25) is 0 Å². The Labute approximate surface area is 84.2 Å². The lowest BCUT2D eigenvalue weighted by Crippen LogP contribution is -1.99. The molecule has 2 heteroatoms. The summed E-state index contributed by atoms with van der Waals surface area (Å²) in [5.74, 6) is 0. The van der Waals surface area contributed by atoms with Crippen molar-refractivity contribution in [3.8, 4) is 0 Å². The summed E-state index contributed by atoms with van der Waals surface area (Å²) in [7, 11) is 0. The number of hydrogen-bond acceptors (Lipinski definition) is 1. The normalized spacial score (nSPS) is 10.4. The fourth-order valence-corrected chi connectivity index (χ4v) is 1.63. The van der Waals surface area contributed by atoms with Gasteiger partial charge in [-0.15, -0.1) is 0 Å². The van der Waals surface area contributed by atoms with E-state index in [1.165, 1.54) is 11.1 Å². The number of aromatic nitrogens is 2. The summed E-state index contributed by atoms with van der Waals surface area (Å²) in [6.07, 6.45) is 6.75. The van der Waals surface area contributed by atoms with Gasteiger partial charge in [0.05, 0.1) is 6.33 Å². The lowest BCUT2D eigenvalue weighted by molar-refractivity contribution is 0.787. The van der Waals surface area contributed by atoms with E-state index in [0.717, 1.165) is 13.0 Å². The van der Waals surface area contributed by atoms with Gasteiger partial charge < -0.3 is 4.57 Å². The first kappa shape index (κ1) is 9.00. The zero-order valence-corrected chi connectivity index (χ0v) is 8.35. The van der Waals surface area contributed by atoms with Crippen molar-refractivity contribution in [1.29, 1.82) is 0 Å². The van der Waals surface area contributed by atoms with E-state index in [2.05, 4.69) is 40.7 Å². The molecule has 14 heavy (non-hydrogen) atoms. The Morgan fingerprint density at radius 2 is 2.00 bits per heavy atom. The number of benzene rings is 1. The first-order valence-electron chi connectivity index (χ1n) is 4.92. The van der Waals surface area contributed by atoms with Crippen LogP contribution in [0.4, 0.5) is 0 Å². The molecule has 0 radical (unpaired) electrons. The third-order valence-electron chi connectivity index (χ3n) is 2.41. The van der Waals surface area contributed by atoms with Gasteiger partial charge in [-0.2, -0.15) is 0 Å². The highest BCUT2D eigenvalue weighted by Crippen LogP contribution is 2.10. The largest absolute Gasteiger partial charge is 0.333 e. The third kappa shape index (κ3) is 1.84. The molecule has 0 aliphatic carbocycles. The van der Waals surface area contributed by atoms with Gasteiger partial charge in [-0.25, -0.2) is 4.98 Å². The van der Waals surface area contributed by atoms with Gasteiger partial charge in [-0.1, -0.05) is 31.2 Å². The van der Waals surface area contributed by atoms with Gasteiger partial charge in [0, 0.05) is 18.9 Å². The minimum atomic E-state index is 0.921. The molecule has 0 bridgehead atoms. The second-order valence-corrected chi connectivity index (χ2v) is 3.36. The van der Waals surface area contributed by atoms with E-state index < -0.39 is 0 Å². The van der Waals surface area contributed by atoms with Crippen LogP contribution in [0, 0.1) is 0 Å². The zero-order chi connectivity index (χ0) is 9.80. The topological polar surface area (TPSA) is 17.8 Å². The fourth-order valence-electron chi connectivity index (χ4n) is 1.63. The monoisotopic (exact) mass is 186 g/mol. The van der Waals surface area contributed by atoms with Crippen LogP contribution in [0.2, 0.25) is 0 Å². The number of nitrogens with zero attached hydrogens (tertiary/aromatic N) is 2. The first-order valence-corrected chi connectivity index (χ1v) is 4.92. The molecule has 72 valence electrons. The number of imidazole rings is 1. The predicted octanol–water partition coefficient (Wildman–Crippen LogP) is 2.49. The average molecular weight is 186 g/mol. The molecule has 1 aromatic carbocycles. The molecule has 2 rings (SSSR count). The van der Waals surface area contributed by atoms with E-state index in [-0.39, 0.29) is 0 Å². The maximum Gasteiger partial charge on any atom is 0.0949 e. The molecule has 0 spiro atoms. The summed E-state index contributed by atoms with van der Waals surface area (Å²) in [4.78, 5) is 4.04. The minimum Gasteiger partial charge on any atom is -0.333 e. The average Bonchev–Trinajstić information content (AvgIpc) is 2.71. The second kappa shape index (κ2) is 4.09. The van der Waals surface area contributed by atoms with E-state index in [9.17, 15) is 0 Å². The molecule has 1 aromatic heterocycles. The van der Waals surface area contributed by atoms with E-state index >= 15 is 0 Å². The molecule has 1 heterocycles. The Bertz CT molecular complexity index is 390. The number of aryl methyl sites for hydroxylation is 1. The van der Waals surface area contributed by atoms with Crippen LogP contribution < -0.4 is 0 Å².